The first kappa shape index (κ1) is 21.2. The Kier molecular flexibility index (Phi) is 7.13. The van der Waals surface area contributed by atoms with Crippen molar-refractivity contribution in [2.75, 3.05) is 32.7 Å². The van der Waals surface area contributed by atoms with E-state index in [0.29, 0.717) is 18.7 Å². The van der Waals surface area contributed by atoms with E-state index in [9.17, 15) is 9.59 Å². The highest BCUT2D eigenvalue weighted by molar-refractivity contribution is 8.01. The summed E-state index contributed by atoms with van der Waals surface area (Å²) in [5.74, 6) is 0.192. The van der Waals surface area contributed by atoms with Crippen molar-refractivity contribution in [3.8, 4) is 5.75 Å². The third kappa shape index (κ3) is 5.09. The number of rotatable bonds is 8. The Hall–Kier alpha value is -2.55. The maximum Gasteiger partial charge on any atom is 0.325 e. The first-order valence-corrected chi connectivity index (χ1v) is 10.0. The summed E-state index contributed by atoms with van der Waals surface area (Å²) >= 11 is 1.51. The van der Waals surface area contributed by atoms with Crippen molar-refractivity contribution in [2.45, 2.75) is 23.2 Å². The van der Waals surface area contributed by atoms with Crippen LogP contribution in [-0.2, 0) is 32.2 Å². The van der Waals surface area contributed by atoms with E-state index in [1.165, 1.54) is 23.8 Å². The van der Waals surface area contributed by atoms with Gasteiger partial charge in [-0.05, 0) is 41.8 Å². The number of nitrogens with one attached hydrogen (secondary N) is 1. The van der Waals surface area contributed by atoms with E-state index >= 15 is 0 Å². The van der Waals surface area contributed by atoms with Crippen LogP contribution in [0.15, 0.2) is 47.4 Å². The van der Waals surface area contributed by atoms with Gasteiger partial charge in [0.2, 0.25) is 5.91 Å². The number of hydrogen-bond acceptors (Lipinski definition) is 7. The summed E-state index contributed by atoms with van der Waals surface area (Å²) in [6, 6.07) is 13.5. The molecule has 7 nitrogen and oxygen atoms in total. The third-order valence-electron chi connectivity index (χ3n) is 4.60. The van der Waals surface area contributed by atoms with Gasteiger partial charge in [0, 0.05) is 11.9 Å². The highest BCUT2D eigenvalue weighted by Crippen LogP contribution is 2.41. The van der Waals surface area contributed by atoms with Crippen LogP contribution in [0.4, 0.5) is 5.69 Å². The molecule has 0 saturated carbocycles. The van der Waals surface area contributed by atoms with E-state index in [2.05, 4.69) is 5.48 Å². The Morgan fingerprint density at radius 1 is 1.14 bits per heavy atom. The molecule has 2 aromatic carbocycles. The molecule has 1 atom stereocenters. The number of hydrogen-bond donors (Lipinski definition) is 1. The number of carbonyl (C=O) groups is 2. The first-order chi connectivity index (χ1) is 14.0. The number of esters is 1. The number of benzene rings is 2. The standard InChI is InChI=1S/C21H24N2O5S/c1-22-28-13-15-6-9-18-17(10-15)23(12-20(24)27-3)21(25)19(29-18)11-14-4-7-16(26-2)8-5-14/h4-10,19,22H,11-13H2,1-3H3. The van der Waals surface area contributed by atoms with Crippen molar-refractivity contribution in [3.63, 3.8) is 0 Å². The first-order valence-electron chi connectivity index (χ1n) is 9.15. The molecule has 1 aliphatic rings. The van der Waals surface area contributed by atoms with Crippen LogP contribution in [0.3, 0.4) is 0 Å². The minimum atomic E-state index is -0.462. The van der Waals surface area contributed by atoms with E-state index in [0.717, 1.165) is 21.8 Å². The smallest absolute Gasteiger partial charge is 0.325 e. The van der Waals surface area contributed by atoms with Gasteiger partial charge in [0.05, 0.1) is 31.8 Å². The molecule has 1 heterocycles. The van der Waals surface area contributed by atoms with E-state index in [-0.39, 0.29) is 17.7 Å². The molecule has 0 aromatic heterocycles. The second-order valence-corrected chi connectivity index (χ2v) is 7.70. The van der Waals surface area contributed by atoms with Gasteiger partial charge in [-0.25, -0.2) is 5.48 Å². The normalized spacial score (nSPS) is 15.8. The fourth-order valence-corrected chi connectivity index (χ4v) is 4.32. The molecule has 1 aliphatic heterocycles. The second-order valence-electron chi connectivity index (χ2n) is 6.45. The molecule has 2 aromatic rings. The highest BCUT2D eigenvalue weighted by atomic mass is 32.2. The average molecular weight is 416 g/mol. The Morgan fingerprint density at radius 2 is 1.86 bits per heavy atom. The lowest BCUT2D eigenvalue weighted by atomic mass is 10.1. The van der Waals surface area contributed by atoms with Gasteiger partial charge < -0.3 is 9.47 Å². The second kappa shape index (κ2) is 9.78. The van der Waals surface area contributed by atoms with Gasteiger partial charge >= 0.3 is 5.97 Å². The summed E-state index contributed by atoms with van der Waals surface area (Å²) in [6.45, 7) is 0.225. The largest absolute Gasteiger partial charge is 0.497 e. The highest BCUT2D eigenvalue weighted by Gasteiger charge is 2.35. The zero-order chi connectivity index (χ0) is 20.8. The number of ether oxygens (including phenoxy) is 2. The van der Waals surface area contributed by atoms with Gasteiger partial charge in [0.1, 0.15) is 12.3 Å². The van der Waals surface area contributed by atoms with Crippen LogP contribution < -0.4 is 15.1 Å². The molecule has 0 radical (unpaired) electrons. The summed E-state index contributed by atoms with van der Waals surface area (Å²) < 4.78 is 9.99. The van der Waals surface area contributed by atoms with Crippen LogP contribution in [0.1, 0.15) is 11.1 Å². The van der Waals surface area contributed by atoms with Gasteiger partial charge in [0.15, 0.2) is 0 Å². The molecular weight excluding hydrogens is 392 g/mol. The number of carbonyl (C=O) groups excluding carboxylic acids is 2. The summed E-state index contributed by atoms with van der Waals surface area (Å²) in [4.78, 5) is 32.9. The van der Waals surface area contributed by atoms with Crippen molar-refractivity contribution in [1.82, 2.24) is 5.48 Å². The fraction of sp³-hybridized carbons (Fsp3) is 0.333. The molecule has 0 saturated heterocycles. The number of anilines is 1. The molecule has 29 heavy (non-hydrogen) atoms. The molecule has 1 amide bonds. The Bertz CT molecular complexity index is 872. The molecule has 0 spiro atoms. The minimum Gasteiger partial charge on any atom is -0.497 e. The van der Waals surface area contributed by atoms with Gasteiger partial charge in [-0.15, -0.1) is 11.8 Å². The predicted octanol–water partition coefficient (Wildman–Crippen LogP) is 2.57. The quantitative estimate of drug-likeness (QED) is 0.523. The number of hydroxylamine groups is 1. The molecule has 0 fully saturated rings. The van der Waals surface area contributed by atoms with E-state index < -0.39 is 5.97 Å². The van der Waals surface area contributed by atoms with Crippen LogP contribution in [0.2, 0.25) is 0 Å². The Balaban J connectivity index is 1.87. The molecule has 0 bridgehead atoms. The van der Waals surface area contributed by atoms with Crippen molar-refractivity contribution in [3.05, 3.63) is 53.6 Å². The summed E-state index contributed by atoms with van der Waals surface area (Å²) in [7, 11) is 4.62. The lowest BCUT2D eigenvalue weighted by Crippen LogP contribution is -2.45. The van der Waals surface area contributed by atoms with Gasteiger partial charge in [0.25, 0.3) is 0 Å². The minimum absolute atomic E-state index is 0.115. The maximum atomic E-state index is 13.2. The van der Waals surface area contributed by atoms with Crippen LogP contribution in [0.25, 0.3) is 0 Å². The van der Waals surface area contributed by atoms with Crippen LogP contribution >= 0.6 is 11.8 Å². The molecule has 154 valence electrons. The molecule has 0 aliphatic carbocycles. The lowest BCUT2D eigenvalue weighted by Gasteiger charge is -2.33. The molecule has 1 unspecified atom stereocenters. The summed E-state index contributed by atoms with van der Waals surface area (Å²) in [6.07, 6.45) is 0.551. The van der Waals surface area contributed by atoms with Crippen LogP contribution in [0, 0.1) is 0 Å². The van der Waals surface area contributed by atoms with Gasteiger partial charge in [-0.1, -0.05) is 18.2 Å². The number of fused-ring (bicyclic) bond motifs is 1. The molecule has 3 rings (SSSR count). The number of methoxy groups -OCH3 is 2. The zero-order valence-electron chi connectivity index (χ0n) is 16.6. The zero-order valence-corrected chi connectivity index (χ0v) is 17.5. The summed E-state index contributed by atoms with van der Waals surface area (Å²) in [5.41, 5.74) is 5.26. The monoisotopic (exact) mass is 416 g/mol. The van der Waals surface area contributed by atoms with Crippen LogP contribution in [0.5, 0.6) is 5.75 Å². The third-order valence-corrected chi connectivity index (χ3v) is 5.86. The maximum absolute atomic E-state index is 13.2. The summed E-state index contributed by atoms with van der Waals surface area (Å²) in [5, 5.41) is -0.333. The molecule has 8 heteroatoms. The van der Waals surface area contributed by atoms with Crippen molar-refractivity contribution < 1.29 is 23.9 Å². The van der Waals surface area contributed by atoms with E-state index in [1.54, 1.807) is 14.2 Å². The Morgan fingerprint density at radius 3 is 2.52 bits per heavy atom. The lowest BCUT2D eigenvalue weighted by molar-refractivity contribution is -0.140. The van der Waals surface area contributed by atoms with Crippen molar-refractivity contribution in [1.29, 1.82) is 0 Å². The molecular formula is C21H24N2O5S. The van der Waals surface area contributed by atoms with E-state index in [1.807, 2.05) is 42.5 Å². The fourth-order valence-electron chi connectivity index (χ4n) is 3.08. The van der Waals surface area contributed by atoms with Crippen LogP contribution in [-0.4, -0.2) is 44.9 Å². The van der Waals surface area contributed by atoms with Crippen molar-refractivity contribution >= 4 is 29.3 Å². The van der Waals surface area contributed by atoms with Gasteiger partial charge in [-0.2, -0.15) is 0 Å². The predicted molar refractivity (Wildman–Crippen MR) is 111 cm³/mol. The average Bonchev–Trinajstić information content (AvgIpc) is 2.75. The Labute approximate surface area is 174 Å². The molecule has 1 N–H and O–H groups in total. The van der Waals surface area contributed by atoms with Gasteiger partial charge in [-0.3, -0.25) is 19.3 Å². The number of thioether (sulfide) groups is 1. The SMILES string of the molecule is CNOCc1ccc2c(c1)N(CC(=O)OC)C(=O)C(Cc1ccc(OC)cc1)S2. The van der Waals surface area contributed by atoms with Crippen molar-refractivity contribution in [2.24, 2.45) is 0 Å². The number of nitrogens with zero attached hydrogens (tertiary/aromatic N) is 1. The number of amides is 1. The topological polar surface area (TPSA) is 77.1 Å². The van der Waals surface area contributed by atoms with E-state index in [4.69, 9.17) is 14.3 Å².